The lowest BCUT2D eigenvalue weighted by Gasteiger charge is -2.35. The first kappa shape index (κ1) is 17.8. The maximum absolute atomic E-state index is 13.3. The Kier molecular flexibility index (Phi) is 4.27. The van der Waals surface area contributed by atoms with E-state index in [2.05, 4.69) is 58.5 Å². The molecule has 1 aliphatic carbocycles. The average molecular weight is 385 g/mol. The number of rotatable bonds is 3. The van der Waals surface area contributed by atoms with Crippen molar-refractivity contribution in [1.82, 2.24) is 19.7 Å². The summed E-state index contributed by atoms with van der Waals surface area (Å²) in [7, 11) is 0. The highest BCUT2D eigenvalue weighted by Gasteiger charge is 2.39. The van der Waals surface area contributed by atoms with Gasteiger partial charge in [0.1, 0.15) is 12.4 Å². The van der Waals surface area contributed by atoms with Crippen molar-refractivity contribution in [2.45, 2.75) is 44.6 Å². The van der Waals surface area contributed by atoms with Gasteiger partial charge in [-0.3, -0.25) is 9.78 Å². The van der Waals surface area contributed by atoms with E-state index in [-0.39, 0.29) is 17.7 Å². The van der Waals surface area contributed by atoms with Crippen molar-refractivity contribution in [2.24, 2.45) is 0 Å². The predicted molar refractivity (Wildman–Crippen MR) is 111 cm³/mol. The van der Waals surface area contributed by atoms with Crippen LogP contribution in [-0.4, -0.2) is 25.5 Å². The molecule has 0 amide bonds. The van der Waals surface area contributed by atoms with Crippen molar-refractivity contribution in [1.29, 1.82) is 0 Å². The number of carbonyl (C=O) groups excluding carboxylic acids is 1. The fraction of sp³-hybridized carbons (Fsp3) is 0.304. The molecule has 2 atom stereocenters. The Morgan fingerprint density at radius 2 is 1.93 bits per heavy atom. The average Bonchev–Trinajstić information content (AvgIpc) is 3.21. The van der Waals surface area contributed by atoms with Crippen LogP contribution in [0.15, 0.2) is 66.4 Å². The zero-order valence-electron chi connectivity index (χ0n) is 16.5. The number of benzene rings is 1. The first-order valence-electron chi connectivity index (χ1n) is 10.0. The number of nitrogens with zero attached hydrogens (tertiary/aromatic N) is 4. The fourth-order valence-electron chi connectivity index (χ4n) is 4.39. The lowest BCUT2D eigenvalue weighted by molar-refractivity contribution is -0.116. The van der Waals surface area contributed by atoms with E-state index >= 15 is 0 Å². The Balaban J connectivity index is 1.53. The fourth-order valence-corrected chi connectivity index (χ4v) is 4.39. The van der Waals surface area contributed by atoms with Crippen molar-refractivity contribution in [3.63, 3.8) is 0 Å². The van der Waals surface area contributed by atoms with E-state index in [0.717, 1.165) is 23.3 Å². The normalized spacial score (nSPS) is 21.0. The molecule has 3 heterocycles. The zero-order valence-corrected chi connectivity index (χ0v) is 16.5. The van der Waals surface area contributed by atoms with E-state index in [1.165, 1.54) is 17.5 Å². The van der Waals surface area contributed by atoms with E-state index in [0.29, 0.717) is 18.3 Å². The molecule has 0 bridgehead atoms. The van der Waals surface area contributed by atoms with Crippen LogP contribution < -0.4 is 5.32 Å². The number of pyridine rings is 1. The van der Waals surface area contributed by atoms with Crippen LogP contribution in [0.1, 0.15) is 61.3 Å². The molecule has 1 aromatic carbocycles. The first-order valence-corrected chi connectivity index (χ1v) is 10.0. The van der Waals surface area contributed by atoms with E-state index in [1.807, 2.05) is 12.1 Å². The van der Waals surface area contributed by atoms with Crippen molar-refractivity contribution >= 4 is 11.7 Å². The summed E-state index contributed by atoms with van der Waals surface area (Å²) < 4.78 is 1.78. The molecule has 2 aliphatic rings. The molecule has 6 nitrogen and oxygen atoms in total. The lowest BCUT2D eigenvalue weighted by atomic mass is 9.78. The molecule has 1 N–H and O–H groups in total. The van der Waals surface area contributed by atoms with Gasteiger partial charge in [-0.25, -0.2) is 4.68 Å². The molecule has 0 spiro atoms. The van der Waals surface area contributed by atoms with Crippen molar-refractivity contribution in [2.75, 3.05) is 5.32 Å². The molecule has 6 heteroatoms. The Labute approximate surface area is 169 Å². The molecule has 0 fully saturated rings. The standard InChI is InChI=1S/C23H23N5O/c1-14(2)15-5-7-16(8-6-15)18-10-19-21(20(29)11-18)22(17-4-3-9-24-12-17)28-23(27-19)25-13-26-28/h3-9,12-14,18,22H,10-11H2,1-2H3,(H,25,26,27). The van der Waals surface area contributed by atoms with E-state index in [9.17, 15) is 4.79 Å². The summed E-state index contributed by atoms with van der Waals surface area (Å²) in [6.45, 7) is 4.38. The summed E-state index contributed by atoms with van der Waals surface area (Å²) in [4.78, 5) is 21.9. The van der Waals surface area contributed by atoms with Crippen LogP contribution in [0.25, 0.3) is 0 Å². The Bertz CT molecular complexity index is 1080. The van der Waals surface area contributed by atoms with Gasteiger partial charge in [0, 0.05) is 30.1 Å². The van der Waals surface area contributed by atoms with Crippen LogP contribution >= 0.6 is 0 Å². The molecule has 0 saturated carbocycles. The number of nitrogens with one attached hydrogen (secondary N) is 1. The smallest absolute Gasteiger partial charge is 0.226 e. The van der Waals surface area contributed by atoms with Gasteiger partial charge in [0.05, 0.1) is 0 Å². The summed E-state index contributed by atoms with van der Waals surface area (Å²) >= 11 is 0. The molecule has 29 heavy (non-hydrogen) atoms. The van der Waals surface area contributed by atoms with Gasteiger partial charge in [-0.1, -0.05) is 44.2 Å². The number of Topliss-reactive ketones (excluding diaryl/α,β-unsaturated/α-hetero) is 1. The maximum Gasteiger partial charge on any atom is 0.226 e. The van der Waals surface area contributed by atoms with Gasteiger partial charge >= 0.3 is 0 Å². The summed E-state index contributed by atoms with van der Waals surface area (Å²) in [5, 5.41) is 7.74. The van der Waals surface area contributed by atoms with Gasteiger partial charge in [-0.15, -0.1) is 0 Å². The van der Waals surface area contributed by atoms with Gasteiger partial charge in [0.25, 0.3) is 0 Å². The highest BCUT2D eigenvalue weighted by Crippen LogP contribution is 2.43. The summed E-state index contributed by atoms with van der Waals surface area (Å²) in [6.07, 6.45) is 6.35. The highest BCUT2D eigenvalue weighted by molar-refractivity contribution is 6.00. The predicted octanol–water partition coefficient (Wildman–Crippen LogP) is 4.21. The molecule has 2 unspecified atom stereocenters. The van der Waals surface area contributed by atoms with Gasteiger partial charge in [-0.05, 0) is 41.0 Å². The Morgan fingerprint density at radius 1 is 1.10 bits per heavy atom. The molecule has 0 radical (unpaired) electrons. The van der Waals surface area contributed by atoms with Crippen molar-refractivity contribution < 1.29 is 4.79 Å². The summed E-state index contributed by atoms with van der Waals surface area (Å²) in [6, 6.07) is 12.3. The second kappa shape index (κ2) is 6.95. The van der Waals surface area contributed by atoms with Gasteiger partial charge in [-0.2, -0.15) is 10.1 Å². The molecule has 1 aliphatic heterocycles. The SMILES string of the molecule is CC(C)c1ccc(C2CC(=O)C3=C(C2)Nc2ncnn2C3c2cccnc2)cc1. The largest absolute Gasteiger partial charge is 0.328 e. The second-order valence-corrected chi connectivity index (χ2v) is 8.08. The van der Waals surface area contributed by atoms with Crippen LogP contribution in [0.4, 0.5) is 5.95 Å². The van der Waals surface area contributed by atoms with Gasteiger partial charge in [0.2, 0.25) is 5.95 Å². The number of hydrogen-bond donors (Lipinski definition) is 1. The summed E-state index contributed by atoms with van der Waals surface area (Å²) in [5.41, 5.74) is 5.21. The third kappa shape index (κ3) is 3.05. The molecular weight excluding hydrogens is 362 g/mol. The summed E-state index contributed by atoms with van der Waals surface area (Å²) in [5.74, 6) is 1.49. The third-order valence-electron chi connectivity index (χ3n) is 5.94. The monoisotopic (exact) mass is 385 g/mol. The molecular formula is C23H23N5O. The number of hydrogen-bond acceptors (Lipinski definition) is 5. The van der Waals surface area contributed by atoms with Crippen molar-refractivity contribution in [3.05, 3.63) is 83.1 Å². The molecule has 0 saturated heterocycles. The third-order valence-corrected chi connectivity index (χ3v) is 5.94. The Morgan fingerprint density at radius 3 is 2.66 bits per heavy atom. The first-order chi connectivity index (χ1) is 14.1. The topological polar surface area (TPSA) is 72.7 Å². The number of anilines is 1. The maximum atomic E-state index is 13.3. The zero-order chi connectivity index (χ0) is 20.0. The molecule has 3 aromatic rings. The number of allylic oxidation sites excluding steroid dienone is 2. The highest BCUT2D eigenvalue weighted by atomic mass is 16.1. The van der Waals surface area contributed by atoms with Crippen LogP contribution in [-0.2, 0) is 4.79 Å². The molecule has 2 aromatic heterocycles. The minimum Gasteiger partial charge on any atom is -0.328 e. The minimum atomic E-state index is -0.283. The number of ketones is 1. The van der Waals surface area contributed by atoms with Gasteiger partial charge < -0.3 is 5.32 Å². The lowest BCUT2D eigenvalue weighted by Crippen LogP contribution is -2.33. The van der Waals surface area contributed by atoms with Crippen molar-refractivity contribution in [3.8, 4) is 0 Å². The Hall–Kier alpha value is -3.28. The van der Waals surface area contributed by atoms with Crippen LogP contribution in [0.2, 0.25) is 0 Å². The number of aromatic nitrogens is 4. The minimum absolute atomic E-state index is 0.159. The van der Waals surface area contributed by atoms with E-state index in [4.69, 9.17) is 0 Å². The van der Waals surface area contributed by atoms with Crippen LogP contribution in [0.3, 0.4) is 0 Å². The van der Waals surface area contributed by atoms with E-state index in [1.54, 1.807) is 17.1 Å². The van der Waals surface area contributed by atoms with Gasteiger partial charge in [0.15, 0.2) is 5.78 Å². The second-order valence-electron chi connectivity index (χ2n) is 8.08. The molecule has 146 valence electrons. The quantitative estimate of drug-likeness (QED) is 0.731. The van der Waals surface area contributed by atoms with E-state index < -0.39 is 0 Å². The number of fused-ring (bicyclic) bond motifs is 1. The number of carbonyl (C=O) groups is 1. The van der Waals surface area contributed by atoms with Crippen LogP contribution in [0, 0.1) is 0 Å². The van der Waals surface area contributed by atoms with Crippen LogP contribution in [0.5, 0.6) is 0 Å². The molecule has 5 rings (SSSR count).